The zero-order chi connectivity index (χ0) is 12.8. The largest absolute Gasteiger partial charge is 0.368 e. The monoisotopic (exact) mass is 242 g/mol. The number of likely N-dealkylation sites (tertiary alicyclic amines) is 1. The van der Waals surface area contributed by atoms with Gasteiger partial charge in [-0.1, -0.05) is 6.92 Å². The van der Waals surface area contributed by atoms with Crippen molar-refractivity contribution in [3.8, 4) is 0 Å². The molecule has 17 heavy (non-hydrogen) atoms. The average Bonchev–Trinajstić information content (AvgIpc) is 2.75. The molecule has 1 aliphatic rings. The minimum absolute atomic E-state index is 0.0485. The van der Waals surface area contributed by atoms with Gasteiger partial charge >= 0.3 is 0 Å². The third-order valence-electron chi connectivity index (χ3n) is 3.16. The minimum Gasteiger partial charge on any atom is -0.368 e. The molecule has 2 atom stereocenters. The number of carbonyl (C=O) groups excluding carboxylic acids is 2. The highest BCUT2D eigenvalue weighted by Crippen LogP contribution is 2.21. The summed E-state index contributed by atoms with van der Waals surface area (Å²) in [7, 11) is 0. The van der Waals surface area contributed by atoms with Crippen LogP contribution >= 0.6 is 0 Å². The first-order valence-electron chi connectivity index (χ1n) is 6.14. The molecule has 0 aromatic carbocycles. The second-order valence-corrected chi connectivity index (χ2v) is 4.30. The van der Waals surface area contributed by atoms with E-state index in [-0.39, 0.29) is 23.9 Å². The standard InChI is InChI=1S/C11H22N4O2/c1-2-8(10(13)16)15-7-3-4-9(15)11(17)14-6-5-12/h8-9H,2-7,12H2,1H3,(H2,13,16)(H,14,17)/t8-,9?/m0/s1. The second kappa shape index (κ2) is 6.56. The molecule has 1 unspecified atom stereocenters. The molecule has 0 radical (unpaired) electrons. The van der Waals surface area contributed by atoms with Crippen molar-refractivity contribution in [3.63, 3.8) is 0 Å². The van der Waals surface area contributed by atoms with E-state index in [0.717, 1.165) is 19.4 Å². The van der Waals surface area contributed by atoms with E-state index in [1.807, 2.05) is 11.8 Å². The highest BCUT2D eigenvalue weighted by atomic mass is 16.2. The summed E-state index contributed by atoms with van der Waals surface area (Å²) >= 11 is 0. The lowest BCUT2D eigenvalue weighted by molar-refractivity contribution is -0.129. The first-order valence-corrected chi connectivity index (χ1v) is 6.14. The van der Waals surface area contributed by atoms with Gasteiger partial charge in [-0.05, 0) is 25.8 Å². The topological polar surface area (TPSA) is 101 Å². The maximum absolute atomic E-state index is 11.9. The van der Waals surface area contributed by atoms with Gasteiger partial charge in [0.15, 0.2) is 0 Å². The number of rotatable bonds is 6. The van der Waals surface area contributed by atoms with E-state index in [2.05, 4.69) is 5.32 Å². The van der Waals surface area contributed by atoms with Crippen molar-refractivity contribution in [2.75, 3.05) is 19.6 Å². The van der Waals surface area contributed by atoms with E-state index in [9.17, 15) is 9.59 Å². The fraction of sp³-hybridized carbons (Fsp3) is 0.818. The molecule has 0 aromatic rings. The predicted octanol–water partition coefficient (Wildman–Crippen LogP) is -1.21. The maximum Gasteiger partial charge on any atom is 0.237 e. The van der Waals surface area contributed by atoms with Gasteiger partial charge in [-0.3, -0.25) is 14.5 Å². The smallest absolute Gasteiger partial charge is 0.237 e. The van der Waals surface area contributed by atoms with Crippen LogP contribution in [0.5, 0.6) is 0 Å². The summed E-state index contributed by atoms with van der Waals surface area (Å²) in [6.45, 7) is 3.55. The van der Waals surface area contributed by atoms with Gasteiger partial charge in [0.05, 0.1) is 12.1 Å². The molecule has 1 heterocycles. The SMILES string of the molecule is CC[C@@H](C(N)=O)N1CCCC1C(=O)NCCN. The van der Waals surface area contributed by atoms with Crippen LogP contribution in [-0.2, 0) is 9.59 Å². The molecule has 1 saturated heterocycles. The summed E-state index contributed by atoms with van der Waals surface area (Å²) in [6, 6.07) is -0.579. The van der Waals surface area contributed by atoms with Crippen LogP contribution in [0.1, 0.15) is 26.2 Å². The van der Waals surface area contributed by atoms with Gasteiger partial charge in [0.25, 0.3) is 0 Å². The van der Waals surface area contributed by atoms with Crippen LogP contribution in [0.15, 0.2) is 0 Å². The third kappa shape index (κ3) is 3.41. The summed E-state index contributed by atoms with van der Waals surface area (Å²) in [5.74, 6) is -0.404. The Hall–Kier alpha value is -1.14. The van der Waals surface area contributed by atoms with Crippen LogP contribution in [0.3, 0.4) is 0 Å². The van der Waals surface area contributed by atoms with Crippen LogP contribution in [0.25, 0.3) is 0 Å². The number of nitrogens with one attached hydrogen (secondary N) is 1. The number of primary amides is 1. The normalized spacial score (nSPS) is 22.4. The number of nitrogens with zero attached hydrogens (tertiary/aromatic N) is 1. The molecule has 0 aliphatic carbocycles. The Kier molecular flexibility index (Phi) is 5.37. The summed E-state index contributed by atoms with van der Waals surface area (Å²) in [4.78, 5) is 25.1. The quantitative estimate of drug-likeness (QED) is 0.544. The first-order chi connectivity index (χ1) is 8.11. The van der Waals surface area contributed by atoms with Crippen LogP contribution in [0.4, 0.5) is 0 Å². The molecule has 6 nitrogen and oxygen atoms in total. The number of nitrogens with two attached hydrogens (primary N) is 2. The maximum atomic E-state index is 11.9. The first kappa shape index (κ1) is 13.9. The van der Waals surface area contributed by atoms with Crippen molar-refractivity contribution in [3.05, 3.63) is 0 Å². The molecule has 1 rings (SSSR count). The zero-order valence-electron chi connectivity index (χ0n) is 10.3. The van der Waals surface area contributed by atoms with Gasteiger partial charge in [-0.2, -0.15) is 0 Å². The fourth-order valence-electron chi connectivity index (χ4n) is 2.36. The van der Waals surface area contributed by atoms with Gasteiger partial charge in [0, 0.05) is 13.1 Å². The van der Waals surface area contributed by atoms with E-state index >= 15 is 0 Å². The Balaban J connectivity index is 2.64. The minimum atomic E-state index is -0.356. The van der Waals surface area contributed by atoms with Gasteiger partial charge in [0.2, 0.25) is 11.8 Å². The van der Waals surface area contributed by atoms with E-state index in [0.29, 0.717) is 19.5 Å². The van der Waals surface area contributed by atoms with Crippen LogP contribution in [0.2, 0.25) is 0 Å². The number of carbonyl (C=O) groups is 2. The second-order valence-electron chi connectivity index (χ2n) is 4.30. The molecular weight excluding hydrogens is 220 g/mol. The Labute approximate surface area is 102 Å². The molecule has 0 bridgehead atoms. The number of amides is 2. The number of hydrogen-bond acceptors (Lipinski definition) is 4. The lowest BCUT2D eigenvalue weighted by Gasteiger charge is -2.29. The molecule has 0 saturated carbocycles. The van der Waals surface area contributed by atoms with Gasteiger partial charge < -0.3 is 16.8 Å². The van der Waals surface area contributed by atoms with Crippen molar-refractivity contribution >= 4 is 11.8 Å². The molecule has 0 aromatic heterocycles. The van der Waals surface area contributed by atoms with E-state index < -0.39 is 0 Å². The highest BCUT2D eigenvalue weighted by Gasteiger charge is 2.36. The average molecular weight is 242 g/mol. The Morgan fingerprint density at radius 2 is 2.24 bits per heavy atom. The molecule has 2 amide bonds. The molecule has 1 fully saturated rings. The Bertz CT molecular complexity index is 283. The van der Waals surface area contributed by atoms with Crippen molar-refractivity contribution in [2.45, 2.75) is 38.3 Å². The lowest BCUT2D eigenvalue weighted by atomic mass is 10.1. The van der Waals surface area contributed by atoms with Crippen molar-refractivity contribution in [2.24, 2.45) is 11.5 Å². The fourth-order valence-corrected chi connectivity index (χ4v) is 2.36. The van der Waals surface area contributed by atoms with Gasteiger partial charge in [0.1, 0.15) is 0 Å². The highest BCUT2D eigenvalue weighted by molar-refractivity contribution is 5.84. The molecular formula is C11H22N4O2. The van der Waals surface area contributed by atoms with Crippen molar-refractivity contribution < 1.29 is 9.59 Å². The molecule has 98 valence electrons. The van der Waals surface area contributed by atoms with Gasteiger partial charge in [-0.15, -0.1) is 0 Å². The van der Waals surface area contributed by atoms with E-state index in [4.69, 9.17) is 11.5 Å². The summed E-state index contributed by atoms with van der Waals surface area (Å²) in [5, 5.41) is 2.76. The van der Waals surface area contributed by atoms with Crippen molar-refractivity contribution in [1.82, 2.24) is 10.2 Å². The predicted molar refractivity (Wildman–Crippen MR) is 65.1 cm³/mol. The van der Waals surface area contributed by atoms with Crippen LogP contribution in [0, 0.1) is 0 Å². The lowest BCUT2D eigenvalue weighted by Crippen LogP contribution is -2.52. The molecule has 0 spiro atoms. The van der Waals surface area contributed by atoms with Crippen molar-refractivity contribution in [1.29, 1.82) is 0 Å². The van der Waals surface area contributed by atoms with E-state index in [1.165, 1.54) is 0 Å². The zero-order valence-corrected chi connectivity index (χ0v) is 10.3. The Morgan fingerprint density at radius 3 is 2.76 bits per heavy atom. The molecule has 1 aliphatic heterocycles. The molecule has 6 heteroatoms. The molecule has 5 N–H and O–H groups in total. The van der Waals surface area contributed by atoms with Gasteiger partial charge in [-0.25, -0.2) is 0 Å². The third-order valence-corrected chi connectivity index (χ3v) is 3.16. The Morgan fingerprint density at radius 1 is 1.53 bits per heavy atom. The summed E-state index contributed by atoms with van der Waals surface area (Å²) in [5.41, 5.74) is 10.7. The number of hydrogen-bond donors (Lipinski definition) is 3. The van der Waals surface area contributed by atoms with Crippen LogP contribution in [-0.4, -0.2) is 48.4 Å². The summed E-state index contributed by atoms with van der Waals surface area (Å²) < 4.78 is 0. The van der Waals surface area contributed by atoms with Crippen LogP contribution < -0.4 is 16.8 Å². The van der Waals surface area contributed by atoms with E-state index in [1.54, 1.807) is 0 Å². The summed E-state index contributed by atoms with van der Waals surface area (Å²) in [6.07, 6.45) is 2.33.